The van der Waals surface area contributed by atoms with E-state index in [9.17, 15) is 9.50 Å². The van der Waals surface area contributed by atoms with E-state index in [2.05, 4.69) is 16.7 Å². The fourth-order valence-electron chi connectivity index (χ4n) is 3.65. The molecule has 3 nitrogen and oxygen atoms in total. The highest BCUT2D eigenvalue weighted by atomic mass is 19.1. The zero-order valence-corrected chi connectivity index (χ0v) is 12.1. The number of aliphatic hydroxyl groups excluding tert-OH is 1. The monoisotopic (exact) mass is 288 g/mol. The number of hydrogen-bond acceptors (Lipinski definition) is 3. The summed E-state index contributed by atoms with van der Waals surface area (Å²) in [6, 6.07) is 5.68. The van der Waals surface area contributed by atoms with Crippen molar-refractivity contribution in [3.8, 4) is 11.8 Å². The molecule has 21 heavy (non-hydrogen) atoms. The van der Waals surface area contributed by atoms with Crippen molar-refractivity contribution >= 4 is 0 Å². The lowest BCUT2D eigenvalue weighted by Crippen LogP contribution is -2.44. The predicted octanol–water partition coefficient (Wildman–Crippen LogP) is 1.62. The molecule has 2 bridgehead atoms. The summed E-state index contributed by atoms with van der Waals surface area (Å²) in [5.41, 5.74) is 7.19. The maximum absolute atomic E-state index is 13.4. The summed E-state index contributed by atoms with van der Waals surface area (Å²) in [4.78, 5) is 2.45. The number of nitrogens with zero attached hydrogens (tertiary/aromatic N) is 1. The van der Waals surface area contributed by atoms with Crippen LogP contribution >= 0.6 is 0 Å². The predicted molar refractivity (Wildman–Crippen MR) is 79.9 cm³/mol. The Morgan fingerprint density at radius 2 is 2.00 bits per heavy atom. The number of nitrogens with two attached hydrogens (primary N) is 1. The van der Waals surface area contributed by atoms with Crippen molar-refractivity contribution in [2.24, 2.45) is 5.73 Å². The SMILES string of the molecule is NCC#Cc1cc(F)ccc1CN1C2CCC1CC(O)C2. The molecular weight excluding hydrogens is 267 g/mol. The van der Waals surface area contributed by atoms with Gasteiger partial charge in [-0.15, -0.1) is 0 Å². The van der Waals surface area contributed by atoms with Crippen LogP contribution in [0.4, 0.5) is 4.39 Å². The Kier molecular flexibility index (Phi) is 4.25. The number of benzene rings is 1. The molecule has 0 radical (unpaired) electrons. The van der Waals surface area contributed by atoms with Crippen LogP contribution in [-0.4, -0.2) is 34.7 Å². The Balaban J connectivity index is 1.82. The molecule has 112 valence electrons. The number of halogens is 1. The summed E-state index contributed by atoms with van der Waals surface area (Å²) < 4.78 is 13.4. The zero-order chi connectivity index (χ0) is 14.8. The first-order chi connectivity index (χ1) is 10.2. The van der Waals surface area contributed by atoms with E-state index in [-0.39, 0.29) is 18.5 Å². The van der Waals surface area contributed by atoms with Gasteiger partial charge in [0.15, 0.2) is 0 Å². The van der Waals surface area contributed by atoms with E-state index >= 15 is 0 Å². The lowest BCUT2D eigenvalue weighted by molar-refractivity contribution is 0.0310. The van der Waals surface area contributed by atoms with Gasteiger partial charge in [-0.2, -0.15) is 0 Å². The molecule has 2 atom stereocenters. The van der Waals surface area contributed by atoms with Gasteiger partial charge in [-0.25, -0.2) is 4.39 Å². The first kappa shape index (κ1) is 14.5. The van der Waals surface area contributed by atoms with Gasteiger partial charge in [-0.3, -0.25) is 4.90 Å². The second-order valence-electron chi connectivity index (χ2n) is 5.99. The third-order valence-corrected chi connectivity index (χ3v) is 4.61. The van der Waals surface area contributed by atoms with Gasteiger partial charge in [0.25, 0.3) is 0 Å². The third kappa shape index (κ3) is 3.11. The molecule has 2 saturated heterocycles. The zero-order valence-electron chi connectivity index (χ0n) is 12.1. The van der Waals surface area contributed by atoms with Crippen LogP contribution in [0, 0.1) is 17.7 Å². The summed E-state index contributed by atoms with van der Waals surface area (Å²) in [6.07, 6.45) is 3.83. The molecule has 0 spiro atoms. The third-order valence-electron chi connectivity index (χ3n) is 4.61. The lowest BCUT2D eigenvalue weighted by Gasteiger charge is -2.37. The van der Waals surface area contributed by atoms with Crippen LogP contribution in [0.1, 0.15) is 36.8 Å². The smallest absolute Gasteiger partial charge is 0.124 e. The van der Waals surface area contributed by atoms with Gasteiger partial charge in [-0.05, 0) is 43.4 Å². The number of hydrogen-bond donors (Lipinski definition) is 2. The van der Waals surface area contributed by atoms with Crippen molar-refractivity contribution in [2.45, 2.75) is 50.4 Å². The highest BCUT2D eigenvalue weighted by Gasteiger charge is 2.40. The van der Waals surface area contributed by atoms with Gasteiger partial charge in [0, 0.05) is 24.2 Å². The minimum atomic E-state index is -0.267. The molecule has 2 aliphatic heterocycles. The molecule has 0 aromatic heterocycles. The van der Waals surface area contributed by atoms with E-state index in [1.165, 1.54) is 12.1 Å². The van der Waals surface area contributed by atoms with E-state index in [0.717, 1.165) is 43.4 Å². The quantitative estimate of drug-likeness (QED) is 0.813. The van der Waals surface area contributed by atoms with Crippen molar-refractivity contribution in [1.82, 2.24) is 4.90 Å². The maximum atomic E-state index is 13.4. The highest BCUT2D eigenvalue weighted by Crippen LogP contribution is 2.37. The van der Waals surface area contributed by atoms with Crippen LogP contribution in [0.2, 0.25) is 0 Å². The highest BCUT2D eigenvalue weighted by molar-refractivity contribution is 5.42. The first-order valence-corrected chi connectivity index (χ1v) is 7.58. The van der Waals surface area contributed by atoms with Crippen LogP contribution in [0.25, 0.3) is 0 Å². The molecule has 1 aromatic rings. The minimum Gasteiger partial charge on any atom is -0.393 e. The number of rotatable bonds is 2. The number of piperidine rings is 1. The van der Waals surface area contributed by atoms with Crippen molar-refractivity contribution in [1.29, 1.82) is 0 Å². The van der Waals surface area contributed by atoms with Gasteiger partial charge in [0.1, 0.15) is 5.82 Å². The Morgan fingerprint density at radius 1 is 1.29 bits per heavy atom. The Bertz CT molecular complexity index is 564. The van der Waals surface area contributed by atoms with Gasteiger partial charge < -0.3 is 10.8 Å². The molecule has 1 aromatic carbocycles. The Labute approximate surface area is 124 Å². The maximum Gasteiger partial charge on any atom is 0.124 e. The summed E-state index contributed by atoms with van der Waals surface area (Å²) in [5.74, 6) is 5.51. The standard InChI is InChI=1S/C17H21FN2O/c18-14-4-3-13(12(8-14)2-1-7-19)11-20-15-5-6-16(20)10-17(21)9-15/h3-4,8,15-17,21H,5-7,9-11,19H2. The number of aliphatic hydroxyl groups is 1. The van der Waals surface area contributed by atoms with Crippen molar-refractivity contribution in [2.75, 3.05) is 6.54 Å². The van der Waals surface area contributed by atoms with Crippen molar-refractivity contribution in [3.05, 3.63) is 35.1 Å². The lowest BCUT2D eigenvalue weighted by atomic mass is 9.98. The van der Waals surface area contributed by atoms with Crippen LogP contribution in [0.5, 0.6) is 0 Å². The summed E-state index contributed by atoms with van der Waals surface area (Å²) in [6.45, 7) is 1.05. The van der Waals surface area contributed by atoms with Gasteiger partial charge >= 0.3 is 0 Å². The molecule has 2 unspecified atom stereocenters. The summed E-state index contributed by atoms with van der Waals surface area (Å²) >= 11 is 0. The topological polar surface area (TPSA) is 49.5 Å². The molecule has 2 fully saturated rings. The van der Waals surface area contributed by atoms with Crippen LogP contribution < -0.4 is 5.73 Å². The second-order valence-corrected chi connectivity index (χ2v) is 5.99. The molecule has 3 N–H and O–H groups in total. The van der Waals surface area contributed by atoms with E-state index in [0.29, 0.717) is 12.1 Å². The summed E-state index contributed by atoms with van der Waals surface area (Å²) in [5, 5.41) is 9.87. The van der Waals surface area contributed by atoms with E-state index in [1.54, 1.807) is 0 Å². The Hall–Kier alpha value is -1.41. The van der Waals surface area contributed by atoms with Crippen molar-refractivity contribution in [3.63, 3.8) is 0 Å². The molecule has 0 amide bonds. The molecule has 0 saturated carbocycles. The van der Waals surface area contributed by atoms with Gasteiger partial charge in [0.05, 0.1) is 12.6 Å². The van der Waals surface area contributed by atoms with Gasteiger partial charge in [-0.1, -0.05) is 17.9 Å². The molecule has 2 aliphatic rings. The van der Waals surface area contributed by atoms with E-state index in [1.807, 2.05) is 6.07 Å². The second kappa shape index (κ2) is 6.15. The minimum absolute atomic E-state index is 0.163. The summed E-state index contributed by atoms with van der Waals surface area (Å²) in [7, 11) is 0. The average Bonchev–Trinajstić information content (AvgIpc) is 2.69. The largest absolute Gasteiger partial charge is 0.393 e. The first-order valence-electron chi connectivity index (χ1n) is 7.58. The normalized spacial score (nSPS) is 28.2. The van der Waals surface area contributed by atoms with Crippen molar-refractivity contribution < 1.29 is 9.50 Å². The van der Waals surface area contributed by atoms with E-state index < -0.39 is 0 Å². The van der Waals surface area contributed by atoms with Crippen LogP contribution in [0.15, 0.2) is 18.2 Å². The van der Waals surface area contributed by atoms with E-state index in [4.69, 9.17) is 5.73 Å². The Morgan fingerprint density at radius 3 is 2.67 bits per heavy atom. The van der Waals surface area contributed by atoms with Crippen LogP contribution in [0.3, 0.4) is 0 Å². The fourth-order valence-corrected chi connectivity index (χ4v) is 3.65. The number of fused-ring (bicyclic) bond motifs is 2. The molecule has 3 rings (SSSR count). The van der Waals surface area contributed by atoms with Gasteiger partial charge in [0.2, 0.25) is 0 Å². The molecular formula is C17H21FN2O. The molecule has 4 heteroatoms. The van der Waals surface area contributed by atoms with Crippen LogP contribution in [-0.2, 0) is 6.54 Å². The molecule has 2 heterocycles. The molecule has 0 aliphatic carbocycles. The average molecular weight is 288 g/mol. The fraction of sp³-hybridized carbons (Fsp3) is 0.529.